The number of likely N-dealkylation sites (N-methyl/N-ethyl adjacent to an activating group) is 1. The van der Waals surface area contributed by atoms with Gasteiger partial charge in [0.05, 0.1) is 6.20 Å². The molecule has 1 aromatic carbocycles. The molecule has 3 aromatic heterocycles. The molecule has 5 rings (SSSR count). The summed E-state index contributed by atoms with van der Waals surface area (Å²) in [4.78, 5) is 9.46. The van der Waals surface area contributed by atoms with E-state index in [0.717, 1.165) is 54.1 Å². The average molecular weight is 391 g/mol. The van der Waals surface area contributed by atoms with E-state index in [-0.39, 0.29) is 0 Å². The first kappa shape index (κ1) is 17.2. The van der Waals surface area contributed by atoms with Gasteiger partial charge >= 0.3 is 0 Å². The molecule has 142 valence electrons. The molecule has 1 saturated heterocycles. The number of thiophene rings is 1. The van der Waals surface area contributed by atoms with Crippen LogP contribution in [0, 0.1) is 0 Å². The molecule has 2 N–H and O–H groups in total. The van der Waals surface area contributed by atoms with Crippen molar-refractivity contribution in [2.75, 3.05) is 43.9 Å². The predicted molar refractivity (Wildman–Crippen MR) is 116 cm³/mol. The van der Waals surface area contributed by atoms with Crippen molar-refractivity contribution in [3.63, 3.8) is 0 Å². The molecule has 7 heteroatoms. The lowest BCUT2D eigenvalue weighted by atomic mass is 10.1. The van der Waals surface area contributed by atoms with Gasteiger partial charge in [-0.3, -0.25) is 0 Å². The van der Waals surface area contributed by atoms with Gasteiger partial charge in [-0.2, -0.15) is 21.0 Å². The van der Waals surface area contributed by atoms with Crippen LogP contribution in [0.5, 0.6) is 0 Å². The molecule has 1 aliphatic heterocycles. The molecular weight excluding hydrogens is 368 g/mol. The van der Waals surface area contributed by atoms with Crippen molar-refractivity contribution >= 4 is 28.5 Å². The maximum atomic E-state index is 6.39. The number of piperazine rings is 1. The summed E-state index contributed by atoms with van der Waals surface area (Å²) in [6.07, 6.45) is 3.69. The number of nitrogens with two attached hydrogens (primary N) is 1. The quantitative estimate of drug-likeness (QED) is 0.580. The van der Waals surface area contributed by atoms with E-state index in [2.05, 4.69) is 56.6 Å². The fourth-order valence-electron chi connectivity index (χ4n) is 3.71. The van der Waals surface area contributed by atoms with Crippen LogP contribution in [-0.4, -0.2) is 52.7 Å². The van der Waals surface area contributed by atoms with E-state index in [1.54, 1.807) is 15.9 Å². The molecule has 0 amide bonds. The number of aromatic nitrogens is 3. The van der Waals surface area contributed by atoms with Gasteiger partial charge in [0.25, 0.3) is 0 Å². The Morgan fingerprint density at radius 3 is 2.43 bits per heavy atom. The maximum Gasteiger partial charge on any atom is 0.165 e. The molecule has 0 aliphatic carbocycles. The largest absolute Gasteiger partial charge is 0.383 e. The molecule has 1 fully saturated rings. The van der Waals surface area contributed by atoms with E-state index in [9.17, 15) is 0 Å². The molecule has 1 aliphatic rings. The number of fused-ring (bicyclic) bond motifs is 1. The van der Waals surface area contributed by atoms with Crippen LogP contribution in [0.3, 0.4) is 0 Å². The van der Waals surface area contributed by atoms with Crippen molar-refractivity contribution in [3.05, 3.63) is 53.5 Å². The van der Waals surface area contributed by atoms with Crippen molar-refractivity contribution in [2.24, 2.45) is 0 Å². The number of hydrogen-bond donors (Lipinski definition) is 1. The highest BCUT2D eigenvalue weighted by atomic mass is 32.1. The highest BCUT2D eigenvalue weighted by Crippen LogP contribution is 2.31. The Kier molecular flexibility index (Phi) is 4.26. The minimum atomic E-state index is 0.615. The van der Waals surface area contributed by atoms with E-state index in [0.29, 0.717) is 5.82 Å². The van der Waals surface area contributed by atoms with Crippen LogP contribution < -0.4 is 10.6 Å². The first-order valence-corrected chi connectivity index (χ1v) is 10.3. The van der Waals surface area contributed by atoms with Crippen LogP contribution in [0.1, 0.15) is 0 Å². The molecule has 0 atom stereocenters. The molecule has 0 unspecified atom stereocenters. The first-order chi connectivity index (χ1) is 13.7. The lowest BCUT2D eigenvalue weighted by Gasteiger charge is -2.34. The van der Waals surface area contributed by atoms with Crippen LogP contribution in [0.15, 0.2) is 53.5 Å². The lowest BCUT2D eigenvalue weighted by molar-refractivity contribution is 0.313. The summed E-state index contributed by atoms with van der Waals surface area (Å²) in [5.74, 6) is 0.615. The number of nitrogen functional groups attached to an aromatic ring is 1. The molecule has 4 aromatic rings. The zero-order chi connectivity index (χ0) is 19.1. The highest BCUT2D eigenvalue weighted by Gasteiger charge is 2.16. The third-order valence-corrected chi connectivity index (χ3v) is 6.13. The van der Waals surface area contributed by atoms with E-state index in [4.69, 9.17) is 5.73 Å². The van der Waals surface area contributed by atoms with Crippen LogP contribution in [-0.2, 0) is 0 Å². The second-order valence-corrected chi connectivity index (χ2v) is 7.98. The number of benzene rings is 1. The normalized spacial score (nSPS) is 15.4. The number of nitrogens with zero attached hydrogens (tertiary/aromatic N) is 5. The number of hydrogen-bond acceptors (Lipinski definition) is 6. The topological polar surface area (TPSA) is 62.7 Å². The van der Waals surface area contributed by atoms with Crippen molar-refractivity contribution in [2.45, 2.75) is 0 Å². The Morgan fingerprint density at radius 1 is 0.929 bits per heavy atom. The molecule has 0 radical (unpaired) electrons. The summed E-state index contributed by atoms with van der Waals surface area (Å²) in [6.45, 7) is 4.34. The molecule has 28 heavy (non-hydrogen) atoms. The first-order valence-electron chi connectivity index (χ1n) is 9.39. The smallest absolute Gasteiger partial charge is 0.165 e. The van der Waals surface area contributed by atoms with E-state index in [1.807, 2.05) is 23.8 Å². The average Bonchev–Trinajstić information content (AvgIpc) is 3.39. The van der Waals surface area contributed by atoms with Gasteiger partial charge in [0.2, 0.25) is 0 Å². The van der Waals surface area contributed by atoms with Crippen molar-refractivity contribution in [1.82, 2.24) is 19.5 Å². The summed E-state index contributed by atoms with van der Waals surface area (Å²) in [5.41, 5.74) is 12.5. The Balaban J connectivity index is 1.47. The molecule has 0 bridgehead atoms. The second kappa shape index (κ2) is 6.92. The third-order valence-electron chi connectivity index (χ3n) is 5.44. The predicted octanol–water partition coefficient (Wildman–Crippen LogP) is 3.46. The summed E-state index contributed by atoms with van der Waals surface area (Å²) >= 11 is 1.64. The van der Waals surface area contributed by atoms with Gasteiger partial charge in [0.15, 0.2) is 5.65 Å². The van der Waals surface area contributed by atoms with Crippen molar-refractivity contribution in [3.8, 4) is 22.3 Å². The van der Waals surface area contributed by atoms with Gasteiger partial charge in [-0.1, -0.05) is 12.1 Å². The molecule has 0 spiro atoms. The SMILES string of the molecule is CN1CCN(c2ccc(-c3cnn4c(N)c(-c5ccsc5)cnc34)cc2)CC1. The summed E-state index contributed by atoms with van der Waals surface area (Å²) in [5, 5.41) is 8.61. The van der Waals surface area contributed by atoms with Gasteiger partial charge < -0.3 is 15.5 Å². The molecular formula is C21H22N6S. The fraction of sp³-hybridized carbons (Fsp3) is 0.238. The minimum Gasteiger partial charge on any atom is -0.383 e. The third kappa shape index (κ3) is 2.93. The Morgan fingerprint density at radius 2 is 1.71 bits per heavy atom. The Hall–Kier alpha value is -2.90. The van der Waals surface area contributed by atoms with Crippen LogP contribution in [0.25, 0.3) is 27.9 Å². The van der Waals surface area contributed by atoms with Gasteiger partial charge in [-0.15, -0.1) is 0 Å². The zero-order valence-electron chi connectivity index (χ0n) is 15.7. The van der Waals surface area contributed by atoms with Crippen LogP contribution in [0.4, 0.5) is 11.5 Å². The summed E-state index contributed by atoms with van der Waals surface area (Å²) in [6, 6.07) is 10.7. The lowest BCUT2D eigenvalue weighted by Crippen LogP contribution is -2.44. The molecule has 4 heterocycles. The number of anilines is 2. The highest BCUT2D eigenvalue weighted by molar-refractivity contribution is 7.08. The monoisotopic (exact) mass is 390 g/mol. The van der Waals surface area contributed by atoms with Gasteiger partial charge in [-0.25, -0.2) is 4.98 Å². The molecule has 6 nitrogen and oxygen atoms in total. The van der Waals surface area contributed by atoms with E-state index in [1.165, 1.54) is 5.69 Å². The second-order valence-electron chi connectivity index (χ2n) is 7.20. The van der Waals surface area contributed by atoms with Gasteiger partial charge in [-0.05, 0) is 47.1 Å². The van der Waals surface area contributed by atoms with E-state index >= 15 is 0 Å². The maximum absolute atomic E-state index is 6.39. The van der Waals surface area contributed by atoms with Gasteiger partial charge in [0.1, 0.15) is 5.82 Å². The fourth-order valence-corrected chi connectivity index (χ4v) is 4.36. The summed E-state index contributed by atoms with van der Waals surface area (Å²) in [7, 11) is 2.17. The molecule has 0 saturated carbocycles. The van der Waals surface area contributed by atoms with Crippen molar-refractivity contribution in [1.29, 1.82) is 0 Å². The minimum absolute atomic E-state index is 0.615. The summed E-state index contributed by atoms with van der Waals surface area (Å²) < 4.78 is 1.73. The Labute approximate surface area is 167 Å². The Bertz CT molecular complexity index is 1090. The van der Waals surface area contributed by atoms with Crippen molar-refractivity contribution < 1.29 is 0 Å². The number of rotatable bonds is 3. The van der Waals surface area contributed by atoms with Gasteiger partial charge in [0, 0.05) is 49.2 Å². The standard InChI is InChI=1S/C21H22N6S/c1-25-7-9-26(10-8-25)17-4-2-15(3-5-17)19-13-24-27-20(22)18(12-23-21(19)27)16-6-11-28-14-16/h2-6,11-14H,7-10,22H2,1H3. The van der Waals surface area contributed by atoms with E-state index < -0.39 is 0 Å². The van der Waals surface area contributed by atoms with Crippen LogP contribution >= 0.6 is 11.3 Å². The zero-order valence-corrected chi connectivity index (χ0v) is 16.6. The van der Waals surface area contributed by atoms with Crippen LogP contribution in [0.2, 0.25) is 0 Å².